The van der Waals surface area contributed by atoms with E-state index >= 15 is 0 Å². The Morgan fingerprint density at radius 2 is 1.63 bits per heavy atom. The number of pyridine rings is 1. The normalized spacial score (nSPS) is 11.5. The van der Waals surface area contributed by atoms with Crippen LogP contribution in [-0.2, 0) is 10.0 Å². The summed E-state index contributed by atoms with van der Waals surface area (Å²) >= 11 is 0. The van der Waals surface area contributed by atoms with Crippen molar-refractivity contribution in [1.29, 1.82) is 0 Å². The van der Waals surface area contributed by atoms with Gasteiger partial charge in [-0.05, 0) is 30.3 Å². The van der Waals surface area contributed by atoms with Gasteiger partial charge in [0.1, 0.15) is 5.75 Å². The molecule has 0 fully saturated rings. The maximum Gasteiger partial charge on any atom is 0.256 e. The molecule has 1 aromatic heterocycles. The fourth-order valence-electron chi connectivity index (χ4n) is 3.97. The summed E-state index contributed by atoms with van der Waals surface area (Å²) in [7, 11) is -2.24. The zero-order chi connectivity index (χ0) is 25.0. The predicted octanol–water partition coefficient (Wildman–Crippen LogP) is 5.19. The van der Waals surface area contributed by atoms with Crippen LogP contribution in [0.15, 0.2) is 83.8 Å². The lowest BCUT2D eigenvalue weighted by molar-refractivity contribution is 0.102. The van der Waals surface area contributed by atoms with E-state index < -0.39 is 15.9 Å². The molecule has 0 atom stereocenters. The average molecular weight is 490 g/mol. The van der Waals surface area contributed by atoms with Gasteiger partial charge in [-0.3, -0.25) is 4.79 Å². The summed E-state index contributed by atoms with van der Waals surface area (Å²) in [4.78, 5) is 18.3. The highest BCUT2D eigenvalue weighted by molar-refractivity contribution is 7.89. The molecule has 1 amide bonds. The average Bonchev–Trinajstić information content (AvgIpc) is 2.89. The van der Waals surface area contributed by atoms with E-state index in [1.165, 1.54) is 23.5 Å². The van der Waals surface area contributed by atoms with Crippen LogP contribution in [0.25, 0.3) is 22.2 Å². The summed E-state index contributed by atoms with van der Waals surface area (Å²) < 4.78 is 32.9. The number of para-hydroxylation sites is 1. The van der Waals surface area contributed by atoms with Crippen molar-refractivity contribution in [3.05, 3.63) is 84.4 Å². The first-order chi connectivity index (χ1) is 16.9. The van der Waals surface area contributed by atoms with E-state index in [-0.39, 0.29) is 10.6 Å². The van der Waals surface area contributed by atoms with Gasteiger partial charge in [0.05, 0.1) is 34.5 Å². The molecule has 0 radical (unpaired) electrons. The van der Waals surface area contributed by atoms with Gasteiger partial charge in [0, 0.05) is 24.0 Å². The van der Waals surface area contributed by atoms with E-state index in [1.807, 2.05) is 54.6 Å². The van der Waals surface area contributed by atoms with E-state index in [9.17, 15) is 13.2 Å². The number of hydrogen-bond acceptors (Lipinski definition) is 5. The molecular weight excluding hydrogens is 462 g/mol. The predicted molar refractivity (Wildman–Crippen MR) is 138 cm³/mol. The number of carbonyl (C=O) groups excluding carboxylic acids is 1. The number of nitrogens with zero attached hydrogens (tertiary/aromatic N) is 2. The van der Waals surface area contributed by atoms with E-state index in [1.54, 1.807) is 26.0 Å². The first kappa shape index (κ1) is 24.4. The standard InChI is InChI=1S/C27H27N3O4S/c1-4-30(5-2)35(32,33)20-15-16-26(34-3)25(17-20)29-27(31)22-18-24(19-11-7-6-8-12-19)28-23-14-10-9-13-21(22)23/h6-18H,4-5H2,1-3H3,(H,29,31). The maximum absolute atomic E-state index is 13.5. The molecule has 4 aromatic rings. The minimum Gasteiger partial charge on any atom is -0.495 e. The topological polar surface area (TPSA) is 88.6 Å². The molecular formula is C27H27N3O4S. The monoisotopic (exact) mass is 489 g/mol. The van der Waals surface area contributed by atoms with Gasteiger partial charge < -0.3 is 10.1 Å². The highest BCUT2D eigenvalue weighted by Crippen LogP contribution is 2.31. The number of amides is 1. The van der Waals surface area contributed by atoms with E-state index in [0.29, 0.717) is 41.0 Å². The molecule has 0 saturated heterocycles. The molecule has 3 aromatic carbocycles. The fourth-order valence-corrected chi connectivity index (χ4v) is 5.45. The molecule has 1 N–H and O–H groups in total. The number of ether oxygens (including phenoxy) is 1. The Labute approximate surface area is 205 Å². The van der Waals surface area contributed by atoms with E-state index in [2.05, 4.69) is 5.32 Å². The summed E-state index contributed by atoms with van der Waals surface area (Å²) in [6.45, 7) is 4.26. The number of hydrogen-bond donors (Lipinski definition) is 1. The molecule has 0 unspecified atom stereocenters. The molecule has 7 nitrogen and oxygen atoms in total. The lowest BCUT2D eigenvalue weighted by Gasteiger charge is -2.20. The summed E-state index contributed by atoms with van der Waals surface area (Å²) in [6.07, 6.45) is 0. The number of anilines is 1. The SMILES string of the molecule is CCN(CC)S(=O)(=O)c1ccc(OC)c(NC(=O)c2cc(-c3ccccc3)nc3ccccc23)c1. The van der Waals surface area contributed by atoms with Crippen LogP contribution < -0.4 is 10.1 Å². The zero-order valence-corrected chi connectivity index (χ0v) is 20.7. The fraction of sp³-hybridized carbons (Fsp3) is 0.185. The number of fused-ring (bicyclic) bond motifs is 1. The number of methoxy groups -OCH3 is 1. The molecule has 0 spiro atoms. The maximum atomic E-state index is 13.5. The van der Waals surface area contributed by atoms with Crippen LogP contribution >= 0.6 is 0 Å². The minimum atomic E-state index is -3.71. The third-order valence-corrected chi connectivity index (χ3v) is 7.84. The van der Waals surface area contributed by atoms with Crippen molar-refractivity contribution in [3.8, 4) is 17.0 Å². The van der Waals surface area contributed by atoms with Crippen LogP contribution in [0.1, 0.15) is 24.2 Å². The first-order valence-corrected chi connectivity index (χ1v) is 12.8. The van der Waals surface area contributed by atoms with Gasteiger partial charge in [0.15, 0.2) is 0 Å². The summed E-state index contributed by atoms with van der Waals surface area (Å²) in [5.41, 5.74) is 2.93. The Morgan fingerprint density at radius 3 is 2.31 bits per heavy atom. The summed E-state index contributed by atoms with van der Waals surface area (Å²) in [5.74, 6) is -0.0324. The van der Waals surface area contributed by atoms with Crippen LogP contribution in [0, 0.1) is 0 Å². The van der Waals surface area contributed by atoms with Crippen molar-refractivity contribution in [3.63, 3.8) is 0 Å². The van der Waals surface area contributed by atoms with Gasteiger partial charge in [-0.1, -0.05) is 62.4 Å². The molecule has 35 heavy (non-hydrogen) atoms. The van der Waals surface area contributed by atoms with Gasteiger partial charge in [-0.15, -0.1) is 0 Å². The molecule has 180 valence electrons. The van der Waals surface area contributed by atoms with Crippen LogP contribution in [0.4, 0.5) is 5.69 Å². The number of carbonyl (C=O) groups is 1. The third kappa shape index (κ3) is 4.89. The van der Waals surface area contributed by atoms with Crippen LogP contribution in [0.2, 0.25) is 0 Å². The second-order valence-corrected chi connectivity index (χ2v) is 9.78. The molecule has 4 rings (SSSR count). The van der Waals surface area contributed by atoms with E-state index in [4.69, 9.17) is 9.72 Å². The van der Waals surface area contributed by atoms with Crippen molar-refractivity contribution < 1.29 is 17.9 Å². The van der Waals surface area contributed by atoms with Gasteiger partial charge >= 0.3 is 0 Å². The molecule has 0 saturated carbocycles. The first-order valence-electron chi connectivity index (χ1n) is 11.3. The molecule has 0 aliphatic rings. The number of benzene rings is 3. The summed E-state index contributed by atoms with van der Waals surface area (Å²) in [6, 6.07) is 23.2. The Hall–Kier alpha value is -3.75. The highest BCUT2D eigenvalue weighted by atomic mass is 32.2. The Balaban J connectivity index is 1.78. The lowest BCUT2D eigenvalue weighted by atomic mass is 10.0. The molecule has 1 heterocycles. The quantitative estimate of drug-likeness (QED) is 0.368. The van der Waals surface area contributed by atoms with Crippen molar-refractivity contribution in [2.45, 2.75) is 18.7 Å². The van der Waals surface area contributed by atoms with Gasteiger partial charge in [-0.25, -0.2) is 13.4 Å². The molecule has 0 aliphatic carbocycles. The van der Waals surface area contributed by atoms with Crippen LogP contribution in [-0.4, -0.2) is 43.8 Å². The van der Waals surface area contributed by atoms with E-state index in [0.717, 1.165) is 5.56 Å². The molecule has 8 heteroatoms. The highest BCUT2D eigenvalue weighted by Gasteiger charge is 2.24. The smallest absolute Gasteiger partial charge is 0.256 e. The van der Waals surface area contributed by atoms with Crippen molar-refractivity contribution in [2.24, 2.45) is 0 Å². The van der Waals surface area contributed by atoms with Crippen molar-refractivity contribution in [2.75, 3.05) is 25.5 Å². The van der Waals surface area contributed by atoms with Crippen molar-refractivity contribution >= 4 is 32.5 Å². The van der Waals surface area contributed by atoms with Crippen LogP contribution in [0.5, 0.6) is 5.75 Å². The molecule has 0 bridgehead atoms. The Kier molecular flexibility index (Phi) is 7.14. The number of sulfonamides is 1. The Morgan fingerprint density at radius 1 is 0.943 bits per heavy atom. The Bertz CT molecular complexity index is 1470. The second kappa shape index (κ2) is 10.2. The zero-order valence-electron chi connectivity index (χ0n) is 19.9. The molecule has 0 aliphatic heterocycles. The van der Waals surface area contributed by atoms with Crippen LogP contribution in [0.3, 0.4) is 0 Å². The van der Waals surface area contributed by atoms with Gasteiger partial charge in [0.2, 0.25) is 10.0 Å². The lowest BCUT2D eigenvalue weighted by Crippen LogP contribution is -2.30. The van der Waals surface area contributed by atoms with Gasteiger partial charge in [-0.2, -0.15) is 4.31 Å². The second-order valence-electron chi connectivity index (χ2n) is 7.84. The minimum absolute atomic E-state index is 0.0851. The number of aromatic nitrogens is 1. The third-order valence-electron chi connectivity index (χ3n) is 5.79. The van der Waals surface area contributed by atoms with Crippen molar-refractivity contribution in [1.82, 2.24) is 9.29 Å². The van der Waals surface area contributed by atoms with Gasteiger partial charge in [0.25, 0.3) is 5.91 Å². The summed E-state index contributed by atoms with van der Waals surface area (Å²) in [5, 5.41) is 3.55. The number of rotatable bonds is 8. The number of nitrogens with one attached hydrogen (secondary N) is 1. The largest absolute Gasteiger partial charge is 0.495 e.